The average Bonchev–Trinajstić information content (AvgIpc) is 3.08. The number of hydrogen-bond donors (Lipinski definition) is 2. The van der Waals surface area contributed by atoms with Crippen LogP contribution in [0.1, 0.15) is 27.6 Å². The van der Waals surface area contributed by atoms with Gasteiger partial charge in [-0.3, -0.25) is 14.3 Å². The van der Waals surface area contributed by atoms with Gasteiger partial charge in [-0.15, -0.1) is 0 Å². The smallest absolute Gasteiger partial charge is 0.259 e. The zero-order valence-electron chi connectivity index (χ0n) is 14.1. The number of anilines is 1. The molecule has 3 aromatic rings. The lowest BCUT2D eigenvalue weighted by Crippen LogP contribution is -2.16. The molecule has 0 saturated carbocycles. The lowest BCUT2D eigenvalue weighted by Gasteiger charge is -2.07. The third-order valence-electron chi connectivity index (χ3n) is 3.87. The summed E-state index contributed by atoms with van der Waals surface area (Å²) in [5, 5.41) is 7.10. The number of aryl methyl sites for hydroxylation is 1. The fraction of sp³-hybridized carbons (Fsp3) is 0.105. The quantitative estimate of drug-likeness (QED) is 0.739. The highest BCUT2D eigenvalue weighted by Gasteiger charge is 2.18. The van der Waals surface area contributed by atoms with Crippen molar-refractivity contribution in [1.29, 1.82) is 0 Å². The van der Waals surface area contributed by atoms with Crippen LogP contribution in [0.5, 0.6) is 0 Å². The second-order valence-electron chi connectivity index (χ2n) is 5.63. The molecule has 7 heteroatoms. The molecule has 0 fully saturated rings. The van der Waals surface area contributed by atoms with Crippen LogP contribution in [0, 0.1) is 5.82 Å². The summed E-state index contributed by atoms with van der Waals surface area (Å²) in [7, 11) is 0. The monoisotopic (exact) mass is 352 g/mol. The Hall–Kier alpha value is -3.48. The number of amides is 2. The van der Waals surface area contributed by atoms with Crippen molar-refractivity contribution in [1.82, 2.24) is 9.78 Å². The lowest BCUT2D eigenvalue weighted by atomic mass is 10.1. The number of carbonyl (C=O) groups excluding carboxylic acids is 2. The van der Waals surface area contributed by atoms with Crippen molar-refractivity contribution in [2.75, 3.05) is 5.32 Å². The van der Waals surface area contributed by atoms with E-state index in [0.717, 1.165) is 11.6 Å². The third-order valence-corrected chi connectivity index (χ3v) is 3.87. The van der Waals surface area contributed by atoms with E-state index in [1.807, 2.05) is 37.3 Å². The molecule has 0 unspecified atom stereocenters. The predicted molar refractivity (Wildman–Crippen MR) is 96.2 cm³/mol. The molecule has 132 valence electrons. The molecule has 2 aromatic carbocycles. The Morgan fingerprint density at radius 3 is 2.54 bits per heavy atom. The first kappa shape index (κ1) is 17.3. The van der Waals surface area contributed by atoms with E-state index < -0.39 is 17.6 Å². The number of nitrogens with zero attached hydrogens (tertiary/aromatic N) is 2. The van der Waals surface area contributed by atoms with Gasteiger partial charge in [-0.2, -0.15) is 5.10 Å². The van der Waals surface area contributed by atoms with Gasteiger partial charge < -0.3 is 11.1 Å². The maximum atomic E-state index is 13.6. The normalized spacial score (nSPS) is 10.5. The third kappa shape index (κ3) is 3.46. The number of benzene rings is 2. The minimum atomic E-state index is -0.901. The van der Waals surface area contributed by atoms with E-state index in [-0.39, 0.29) is 11.3 Å². The van der Waals surface area contributed by atoms with E-state index in [4.69, 9.17) is 5.73 Å². The molecule has 1 aromatic heterocycles. The lowest BCUT2D eigenvalue weighted by molar-refractivity contribution is 0.0992. The number of hydrogen-bond acceptors (Lipinski definition) is 3. The van der Waals surface area contributed by atoms with Crippen molar-refractivity contribution in [2.45, 2.75) is 13.5 Å². The molecule has 0 radical (unpaired) electrons. The van der Waals surface area contributed by atoms with Crippen LogP contribution < -0.4 is 11.1 Å². The Morgan fingerprint density at radius 2 is 1.88 bits per heavy atom. The van der Waals surface area contributed by atoms with E-state index in [1.54, 1.807) is 10.9 Å². The number of rotatable bonds is 5. The summed E-state index contributed by atoms with van der Waals surface area (Å²) < 4.78 is 15.3. The number of carbonyl (C=O) groups is 2. The number of nitrogens with one attached hydrogen (secondary N) is 1. The minimum absolute atomic E-state index is 0.272. The first-order chi connectivity index (χ1) is 12.5. The van der Waals surface area contributed by atoms with Gasteiger partial charge in [0.15, 0.2) is 0 Å². The van der Waals surface area contributed by atoms with Crippen LogP contribution in [0.4, 0.5) is 10.1 Å². The first-order valence-corrected chi connectivity index (χ1v) is 8.03. The van der Waals surface area contributed by atoms with Gasteiger partial charge in [-0.25, -0.2) is 4.39 Å². The fourth-order valence-corrected chi connectivity index (χ4v) is 2.55. The summed E-state index contributed by atoms with van der Waals surface area (Å²) in [6.45, 7) is 2.53. The minimum Gasteiger partial charge on any atom is -0.366 e. The summed E-state index contributed by atoms with van der Waals surface area (Å²) in [5.74, 6) is -2.05. The van der Waals surface area contributed by atoms with Crippen molar-refractivity contribution in [3.8, 4) is 11.3 Å². The van der Waals surface area contributed by atoms with Crippen LogP contribution in [0.3, 0.4) is 0 Å². The molecule has 0 bridgehead atoms. The zero-order chi connectivity index (χ0) is 18.7. The predicted octanol–water partition coefficient (Wildman–Crippen LogP) is 3.06. The van der Waals surface area contributed by atoms with E-state index in [9.17, 15) is 14.0 Å². The molecule has 3 N–H and O–H groups in total. The van der Waals surface area contributed by atoms with Crippen molar-refractivity contribution in [2.24, 2.45) is 5.73 Å². The molecule has 0 spiro atoms. The molecule has 0 saturated heterocycles. The summed E-state index contributed by atoms with van der Waals surface area (Å²) in [5.41, 5.74) is 6.86. The fourth-order valence-electron chi connectivity index (χ4n) is 2.55. The number of nitrogens with two attached hydrogens (primary N) is 1. The number of primary amides is 1. The molecule has 0 aliphatic rings. The van der Waals surface area contributed by atoms with Gasteiger partial charge in [-0.1, -0.05) is 30.3 Å². The van der Waals surface area contributed by atoms with Crippen molar-refractivity contribution in [3.63, 3.8) is 0 Å². The molecule has 2 amide bonds. The maximum Gasteiger partial charge on any atom is 0.259 e. The molecule has 6 nitrogen and oxygen atoms in total. The van der Waals surface area contributed by atoms with Gasteiger partial charge >= 0.3 is 0 Å². The van der Waals surface area contributed by atoms with Gasteiger partial charge in [0, 0.05) is 24.0 Å². The van der Waals surface area contributed by atoms with Crippen molar-refractivity contribution in [3.05, 3.63) is 71.7 Å². The molecule has 26 heavy (non-hydrogen) atoms. The summed E-state index contributed by atoms with van der Waals surface area (Å²) in [4.78, 5) is 24.0. The second-order valence-corrected chi connectivity index (χ2v) is 5.63. The SMILES string of the molecule is CCn1cc(C(=O)Nc2ccc(F)c(C(N)=O)c2)c(-c2ccccc2)n1. The number of aromatic nitrogens is 2. The average molecular weight is 352 g/mol. The van der Waals surface area contributed by atoms with Crippen molar-refractivity contribution < 1.29 is 14.0 Å². The van der Waals surface area contributed by atoms with Crippen LogP contribution in [0.15, 0.2) is 54.7 Å². The molecular weight excluding hydrogens is 335 g/mol. The highest BCUT2D eigenvalue weighted by molar-refractivity contribution is 6.08. The van der Waals surface area contributed by atoms with Gasteiger partial charge in [-0.05, 0) is 25.1 Å². The van der Waals surface area contributed by atoms with Gasteiger partial charge in [0.05, 0.1) is 11.1 Å². The topological polar surface area (TPSA) is 90.0 Å². The highest BCUT2D eigenvalue weighted by atomic mass is 19.1. The molecule has 0 aliphatic carbocycles. The molecule has 0 atom stereocenters. The van der Waals surface area contributed by atoms with Crippen LogP contribution >= 0.6 is 0 Å². The number of halogens is 1. The van der Waals surface area contributed by atoms with E-state index in [0.29, 0.717) is 17.8 Å². The Labute approximate surface area is 149 Å². The first-order valence-electron chi connectivity index (χ1n) is 8.03. The standard InChI is InChI=1S/C19H17FN4O2/c1-2-24-11-15(17(23-24)12-6-4-3-5-7-12)19(26)22-13-8-9-16(20)14(10-13)18(21)25/h3-11H,2H2,1H3,(H2,21,25)(H,22,26). The molecule has 3 rings (SSSR count). The second kappa shape index (κ2) is 7.18. The summed E-state index contributed by atoms with van der Waals surface area (Å²) >= 11 is 0. The van der Waals surface area contributed by atoms with Crippen LogP contribution in [0.2, 0.25) is 0 Å². The van der Waals surface area contributed by atoms with E-state index in [2.05, 4.69) is 10.4 Å². The summed E-state index contributed by atoms with van der Waals surface area (Å²) in [6, 6.07) is 13.0. The Kier molecular flexibility index (Phi) is 4.79. The Bertz CT molecular complexity index is 967. The maximum absolute atomic E-state index is 13.6. The van der Waals surface area contributed by atoms with Gasteiger partial charge in [0.1, 0.15) is 11.5 Å². The van der Waals surface area contributed by atoms with Gasteiger partial charge in [0.25, 0.3) is 11.8 Å². The Balaban J connectivity index is 1.95. The van der Waals surface area contributed by atoms with E-state index >= 15 is 0 Å². The van der Waals surface area contributed by atoms with Crippen LogP contribution in [-0.2, 0) is 6.54 Å². The molecule has 0 aliphatic heterocycles. The van der Waals surface area contributed by atoms with Crippen molar-refractivity contribution >= 4 is 17.5 Å². The largest absolute Gasteiger partial charge is 0.366 e. The molecular formula is C19H17FN4O2. The summed E-state index contributed by atoms with van der Waals surface area (Å²) in [6.07, 6.45) is 1.65. The molecule has 1 heterocycles. The van der Waals surface area contributed by atoms with E-state index in [1.165, 1.54) is 12.1 Å². The van der Waals surface area contributed by atoms with Crippen LogP contribution in [-0.4, -0.2) is 21.6 Å². The Morgan fingerprint density at radius 1 is 1.15 bits per heavy atom. The highest BCUT2D eigenvalue weighted by Crippen LogP contribution is 2.23. The zero-order valence-corrected chi connectivity index (χ0v) is 14.1. The van der Waals surface area contributed by atoms with Gasteiger partial charge in [0.2, 0.25) is 0 Å². The van der Waals surface area contributed by atoms with Crippen LogP contribution in [0.25, 0.3) is 11.3 Å².